The van der Waals surface area contributed by atoms with E-state index in [1.165, 1.54) is 85.7 Å². The van der Waals surface area contributed by atoms with Crippen molar-refractivity contribution in [3.63, 3.8) is 0 Å². The van der Waals surface area contributed by atoms with Gasteiger partial charge in [0.1, 0.15) is 19.2 Å². The maximum absolute atomic E-state index is 6.39. The van der Waals surface area contributed by atoms with Crippen LogP contribution >= 0.6 is 11.3 Å². The fourth-order valence-electron chi connectivity index (χ4n) is 8.73. The smallest absolute Gasteiger partial charge is 0.136 e. The summed E-state index contributed by atoms with van der Waals surface area (Å²) in [5.41, 5.74) is 10.6. The van der Waals surface area contributed by atoms with Gasteiger partial charge >= 0.3 is 0 Å². The van der Waals surface area contributed by atoms with Gasteiger partial charge in [0.05, 0.1) is 5.69 Å². The largest absolute Gasteiger partial charge is 0.456 e. The minimum absolute atomic E-state index is 0.948. The molecule has 8 aromatic carbocycles. The molecule has 2 nitrogen and oxygen atoms in total. The molecule has 1 aliphatic rings. The first-order chi connectivity index (χ1) is 25.5. The molecular formula is C48H33NOSSi. The minimum Gasteiger partial charge on any atom is -0.456 e. The second-order valence-corrected chi connectivity index (χ2v) is 19.9. The summed E-state index contributed by atoms with van der Waals surface area (Å²) in [7, 11) is -2.08. The molecule has 0 N–H and O–H groups in total. The molecule has 0 atom stereocenters. The fraction of sp³-hybridized carbons (Fsp3) is 0.0417. The Hall–Kier alpha value is -5.94. The zero-order valence-corrected chi connectivity index (χ0v) is 30.7. The molecule has 0 spiro atoms. The van der Waals surface area contributed by atoms with Gasteiger partial charge in [-0.2, -0.15) is 0 Å². The van der Waals surface area contributed by atoms with Crippen LogP contribution in [0.4, 0.5) is 17.1 Å². The van der Waals surface area contributed by atoms with Crippen LogP contribution in [0.2, 0.25) is 13.1 Å². The summed E-state index contributed by atoms with van der Waals surface area (Å²) in [6.45, 7) is 5.01. The molecule has 0 fully saturated rings. The number of nitrogens with zero attached hydrogens (tertiary/aromatic N) is 1. The van der Waals surface area contributed by atoms with Gasteiger partial charge in [-0.1, -0.05) is 116 Å². The van der Waals surface area contributed by atoms with E-state index in [-0.39, 0.29) is 0 Å². The van der Waals surface area contributed by atoms with Crippen molar-refractivity contribution in [2.45, 2.75) is 13.1 Å². The Labute approximate surface area is 306 Å². The Morgan fingerprint density at radius 2 is 1.25 bits per heavy atom. The molecular weight excluding hydrogens is 667 g/mol. The maximum atomic E-state index is 6.39. The number of rotatable bonds is 4. The average molecular weight is 700 g/mol. The van der Waals surface area contributed by atoms with E-state index < -0.39 is 8.07 Å². The zero-order chi connectivity index (χ0) is 34.6. The first kappa shape index (κ1) is 29.8. The number of furan rings is 1. The predicted octanol–water partition coefficient (Wildman–Crippen LogP) is 13.0. The van der Waals surface area contributed by atoms with Crippen LogP contribution in [0.3, 0.4) is 0 Å². The van der Waals surface area contributed by atoms with Crippen molar-refractivity contribution >= 4 is 99.7 Å². The van der Waals surface area contributed by atoms with Crippen molar-refractivity contribution in [1.29, 1.82) is 0 Å². The van der Waals surface area contributed by atoms with Crippen molar-refractivity contribution in [2.24, 2.45) is 0 Å². The molecule has 0 saturated carbocycles. The Balaban J connectivity index is 1.15. The summed E-state index contributed by atoms with van der Waals surface area (Å²) in [6.07, 6.45) is 0. The quantitative estimate of drug-likeness (QED) is 0.170. The molecule has 2 aromatic heterocycles. The van der Waals surface area contributed by atoms with Gasteiger partial charge in [0.2, 0.25) is 0 Å². The molecule has 10 aromatic rings. The molecule has 0 bridgehead atoms. The van der Waals surface area contributed by atoms with Crippen LogP contribution in [0, 0.1) is 0 Å². The van der Waals surface area contributed by atoms with E-state index in [0.717, 1.165) is 16.9 Å². The molecule has 1 aliphatic heterocycles. The molecule has 246 valence electrons. The molecule has 0 amide bonds. The predicted molar refractivity (Wildman–Crippen MR) is 226 cm³/mol. The van der Waals surface area contributed by atoms with E-state index in [9.17, 15) is 0 Å². The summed E-state index contributed by atoms with van der Waals surface area (Å²) in [6, 6.07) is 60.3. The molecule has 0 unspecified atom stereocenters. The highest BCUT2D eigenvalue weighted by Gasteiger charge is 2.40. The van der Waals surface area contributed by atoms with E-state index in [1.807, 2.05) is 11.3 Å². The Morgan fingerprint density at radius 3 is 2.17 bits per heavy atom. The van der Waals surface area contributed by atoms with Crippen LogP contribution in [0.25, 0.3) is 75.1 Å². The molecule has 3 heterocycles. The van der Waals surface area contributed by atoms with Crippen LogP contribution in [0.15, 0.2) is 168 Å². The standard InChI is InChI=1S/C48H33NOSSi/c1-52(2)44-26-25-41-47(36-15-5-7-18-40(36)50-41)48(44)38-24-23-35(29-45(38)52)49(39-17-10-20-43-46(39)37-16-6-8-19-42(37)51-43)34-14-9-13-32(28-34)33-22-21-30-11-3-4-12-31(30)27-33/h3-29H,1-2H3. The summed E-state index contributed by atoms with van der Waals surface area (Å²) in [5, 5.41) is 10.5. The van der Waals surface area contributed by atoms with Gasteiger partial charge in [-0.05, 0) is 104 Å². The van der Waals surface area contributed by atoms with Crippen molar-refractivity contribution in [3.05, 3.63) is 164 Å². The van der Waals surface area contributed by atoms with Gasteiger partial charge in [-0.25, -0.2) is 0 Å². The lowest BCUT2D eigenvalue weighted by Crippen LogP contribution is -2.49. The SMILES string of the molecule is C[Si]1(C)c2cc(N(c3cccc(-c4ccc5ccccc5c4)c3)c3cccc4sc5ccccc5c34)ccc2-c2c1ccc1oc3ccccc3c21. The lowest BCUT2D eigenvalue weighted by atomic mass is 9.98. The average Bonchev–Trinajstić information content (AvgIpc) is 3.83. The minimum atomic E-state index is -2.08. The molecule has 11 rings (SSSR count). The van der Waals surface area contributed by atoms with E-state index in [4.69, 9.17) is 4.42 Å². The van der Waals surface area contributed by atoms with E-state index in [0.29, 0.717) is 0 Å². The van der Waals surface area contributed by atoms with Crippen molar-refractivity contribution in [2.75, 3.05) is 4.90 Å². The third-order valence-electron chi connectivity index (χ3n) is 11.2. The molecule has 4 heteroatoms. The number of hydrogen-bond acceptors (Lipinski definition) is 3. The third kappa shape index (κ3) is 4.29. The molecule has 0 radical (unpaired) electrons. The van der Waals surface area contributed by atoms with Gasteiger partial charge in [0.25, 0.3) is 0 Å². The first-order valence-corrected chi connectivity index (χ1v) is 21.7. The van der Waals surface area contributed by atoms with Gasteiger partial charge in [-0.15, -0.1) is 11.3 Å². The topological polar surface area (TPSA) is 16.4 Å². The highest BCUT2D eigenvalue weighted by molar-refractivity contribution is 7.26. The second-order valence-electron chi connectivity index (χ2n) is 14.5. The van der Waals surface area contributed by atoms with Crippen molar-refractivity contribution in [1.82, 2.24) is 0 Å². The number of para-hydroxylation sites is 1. The van der Waals surface area contributed by atoms with Crippen LogP contribution < -0.4 is 15.3 Å². The lowest BCUT2D eigenvalue weighted by molar-refractivity contribution is 0.669. The van der Waals surface area contributed by atoms with Crippen molar-refractivity contribution in [3.8, 4) is 22.3 Å². The number of hydrogen-bond donors (Lipinski definition) is 0. The molecule has 52 heavy (non-hydrogen) atoms. The van der Waals surface area contributed by atoms with Crippen LogP contribution in [-0.4, -0.2) is 8.07 Å². The summed E-state index contributed by atoms with van der Waals surface area (Å²) in [5.74, 6) is 0. The lowest BCUT2D eigenvalue weighted by Gasteiger charge is -2.29. The summed E-state index contributed by atoms with van der Waals surface area (Å²) < 4.78 is 8.99. The number of anilines is 3. The molecule has 0 aliphatic carbocycles. The normalized spacial score (nSPS) is 13.3. The maximum Gasteiger partial charge on any atom is 0.136 e. The zero-order valence-electron chi connectivity index (χ0n) is 28.9. The van der Waals surface area contributed by atoms with Crippen LogP contribution in [0.5, 0.6) is 0 Å². The summed E-state index contributed by atoms with van der Waals surface area (Å²) in [4.78, 5) is 2.50. The van der Waals surface area contributed by atoms with E-state index >= 15 is 0 Å². The van der Waals surface area contributed by atoms with Crippen molar-refractivity contribution < 1.29 is 4.42 Å². The van der Waals surface area contributed by atoms with Gasteiger partial charge in [-0.3, -0.25) is 0 Å². The Morgan fingerprint density at radius 1 is 0.500 bits per heavy atom. The highest BCUT2D eigenvalue weighted by atomic mass is 32.1. The van der Waals surface area contributed by atoms with Gasteiger partial charge in [0.15, 0.2) is 0 Å². The number of benzene rings is 8. The van der Waals surface area contributed by atoms with E-state index in [1.54, 1.807) is 0 Å². The monoisotopic (exact) mass is 699 g/mol. The molecule has 0 saturated heterocycles. The number of fused-ring (bicyclic) bond motifs is 11. The Kier molecular flexibility index (Phi) is 6.31. The second kappa shape index (κ2) is 11.0. The first-order valence-electron chi connectivity index (χ1n) is 17.9. The van der Waals surface area contributed by atoms with Gasteiger partial charge < -0.3 is 9.32 Å². The highest BCUT2D eigenvalue weighted by Crippen LogP contribution is 2.47. The van der Waals surface area contributed by atoms with E-state index in [2.05, 4.69) is 182 Å². The van der Waals surface area contributed by atoms with Crippen LogP contribution in [-0.2, 0) is 0 Å². The van der Waals surface area contributed by atoms with Crippen LogP contribution in [0.1, 0.15) is 0 Å². The summed E-state index contributed by atoms with van der Waals surface area (Å²) >= 11 is 1.87. The Bertz CT molecular complexity index is 3080. The number of thiophene rings is 1. The fourth-order valence-corrected chi connectivity index (χ4v) is 12.9. The third-order valence-corrected chi connectivity index (χ3v) is 15.9. The van der Waals surface area contributed by atoms with Gasteiger partial charge in [0, 0.05) is 42.3 Å².